The van der Waals surface area contributed by atoms with Crippen molar-refractivity contribution in [3.05, 3.63) is 20.8 Å². The summed E-state index contributed by atoms with van der Waals surface area (Å²) >= 11 is 6.66. The van der Waals surface area contributed by atoms with Crippen molar-refractivity contribution in [1.29, 1.82) is 0 Å². The molecule has 76 valence electrons. The molecule has 1 aliphatic rings. The molecular formula is C8H8BrNO2S2. The van der Waals surface area contributed by atoms with E-state index in [4.69, 9.17) is 5.11 Å². The molecule has 0 aromatic carbocycles. The Balaban J connectivity index is 2.05. The van der Waals surface area contributed by atoms with Crippen LogP contribution in [0.15, 0.2) is 15.9 Å². The average molecular weight is 294 g/mol. The quantitative estimate of drug-likeness (QED) is 0.878. The minimum absolute atomic E-state index is 0.132. The van der Waals surface area contributed by atoms with E-state index in [0.29, 0.717) is 5.75 Å². The van der Waals surface area contributed by atoms with Gasteiger partial charge in [0.1, 0.15) is 6.04 Å². The van der Waals surface area contributed by atoms with Gasteiger partial charge in [0.25, 0.3) is 0 Å². The molecule has 1 fully saturated rings. The van der Waals surface area contributed by atoms with Crippen LogP contribution in [0.5, 0.6) is 0 Å². The number of aliphatic carboxylic acids is 1. The largest absolute Gasteiger partial charge is 0.480 e. The van der Waals surface area contributed by atoms with Gasteiger partial charge in [-0.15, -0.1) is 23.1 Å². The van der Waals surface area contributed by atoms with Crippen LogP contribution in [0.4, 0.5) is 0 Å². The van der Waals surface area contributed by atoms with Crippen molar-refractivity contribution in [1.82, 2.24) is 5.32 Å². The lowest BCUT2D eigenvalue weighted by molar-refractivity contribution is -0.138. The molecule has 14 heavy (non-hydrogen) atoms. The molecule has 0 amide bonds. The zero-order chi connectivity index (χ0) is 10.1. The smallest absolute Gasteiger partial charge is 0.321 e. The SMILES string of the molecule is O=C(O)[C@H]1CSC(c2cc(Br)cs2)N1. The molecule has 2 heterocycles. The molecule has 0 bridgehead atoms. The zero-order valence-corrected chi connectivity index (χ0v) is 10.3. The van der Waals surface area contributed by atoms with E-state index in [1.807, 2.05) is 11.4 Å². The van der Waals surface area contributed by atoms with E-state index in [0.717, 1.165) is 4.47 Å². The molecule has 1 aliphatic heterocycles. The lowest BCUT2D eigenvalue weighted by Crippen LogP contribution is -2.33. The molecule has 0 aliphatic carbocycles. The first-order chi connectivity index (χ1) is 6.66. The Hall–Kier alpha value is -0.0400. The standard InChI is InChI=1S/C8H8BrNO2S2/c9-4-1-6(13-2-4)7-10-5(3-14-7)8(11)12/h1-2,5,7,10H,3H2,(H,11,12)/t5-,7?/m1/s1. The maximum absolute atomic E-state index is 10.7. The van der Waals surface area contributed by atoms with Gasteiger partial charge >= 0.3 is 5.97 Å². The maximum Gasteiger partial charge on any atom is 0.321 e. The lowest BCUT2D eigenvalue weighted by atomic mass is 10.3. The second kappa shape index (κ2) is 4.22. The topological polar surface area (TPSA) is 49.3 Å². The number of hydrogen-bond donors (Lipinski definition) is 2. The van der Waals surface area contributed by atoms with Gasteiger partial charge in [-0.25, -0.2) is 0 Å². The first-order valence-electron chi connectivity index (χ1n) is 4.01. The number of carbonyl (C=O) groups is 1. The molecule has 6 heteroatoms. The Morgan fingerprint density at radius 3 is 3.00 bits per heavy atom. The third-order valence-electron chi connectivity index (χ3n) is 1.93. The van der Waals surface area contributed by atoms with Gasteiger partial charge in [0.15, 0.2) is 0 Å². The molecule has 2 rings (SSSR count). The minimum Gasteiger partial charge on any atom is -0.480 e. The third kappa shape index (κ3) is 2.13. The van der Waals surface area contributed by atoms with Crippen LogP contribution >= 0.6 is 39.0 Å². The number of rotatable bonds is 2. The number of halogens is 1. The summed E-state index contributed by atoms with van der Waals surface area (Å²) in [5, 5.41) is 14.0. The van der Waals surface area contributed by atoms with Crippen molar-refractivity contribution < 1.29 is 9.90 Å². The molecular weight excluding hydrogens is 286 g/mol. The van der Waals surface area contributed by atoms with Gasteiger partial charge in [0, 0.05) is 20.5 Å². The Bertz CT molecular complexity index is 355. The van der Waals surface area contributed by atoms with Crippen molar-refractivity contribution in [2.24, 2.45) is 0 Å². The van der Waals surface area contributed by atoms with E-state index in [9.17, 15) is 4.79 Å². The number of thiophene rings is 1. The Morgan fingerprint density at radius 2 is 2.50 bits per heavy atom. The van der Waals surface area contributed by atoms with Crippen LogP contribution in [0.3, 0.4) is 0 Å². The van der Waals surface area contributed by atoms with Crippen molar-refractivity contribution in [2.45, 2.75) is 11.4 Å². The third-order valence-corrected chi connectivity index (χ3v) is 5.08. The van der Waals surface area contributed by atoms with Crippen LogP contribution in [0.1, 0.15) is 10.3 Å². The highest BCUT2D eigenvalue weighted by molar-refractivity contribution is 9.10. The van der Waals surface area contributed by atoms with Crippen LogP contribution in [0, 0.1) is 0 Å². The summed E-state index contributed by atoms with van der Waals surface area (Å²) in [6.07, 6.45) is 0. The van der Waals surface area contributed by atoms with Gasteiger partial charge < -0.3 is 5.11 Å². The summed E-state index contributed by atoms with van der Waals surface area (Å²) in [6.45, 7) is 0. The molecule has 0 radical (unpaired) electrons. The summed E-state index contributed by atoms with van der Waals surface area (Å²) in [7, 11) is 0. The van der Waals surface area contributed by atoms with E-state index < -0.39 is 12.0 Å². The molecule has 3 nitrogen and oxygen atoms in total. The van der Waals surface area contributed by atoms with Crippen LogP contribution in [-0.2, 0) is 4.79 Å². The maximum atomic E-state index is 10.7. The van der Waals surface area contributed by atoms with E-state index in [1.165, 1.54) is 4.88 Å². The predicted molar refractivity (Wildman–Crippen MR) is 61.8 cm³/mol. The highest BCUT2D eigenvalue weighted by atomic mass is 79.9. The monoisotopic (exact) mass is 293 g/mol. The normalized spacial score (nSPS) is 26.6. The highest BCUT2D eigenvalue weighted by Gasteiger charge is 2.30. The number of hydrogen-bond acceptors (Lipinski definition) is 4. The van der Waals surface area contributed by atoms with Crippen LogP contribution in [-0.4, -0.2) is 22.9 Å². The molecule has 1 aromatic heterocycles. The summed E-state index contributed by atoms with van der Waals surface area (Å²) < 4.78 is 1.05. The summed E-state index contributed by atoms with van der Waals surface area (Å²) in [5.74, 6) is -0.133. The van der Waals surface area contributed by atoms with E-state index in [2.05, 4.69) is 21.2 Å². The second-order valence-corrected chi connectivity index (χ2v) is 5.93. The summed E-state index contributed by atoms with van der Waals surface area (Å²) in [6, 6.07) is 1.62. The van der Waals surface area contributed by atoms with Gasteiger partial charge in [0.2, 0.25) is 0 Å². The van der Waals surface area contributed by atoms with E-state index in [1.54, 1.807) is 23.1 Å². The molecule has 0 saturated carbocycles. The number of thioether (sulfide) groups is 1. The van der Waals surface area contributed by atoms with E-state index >= 15 is 0 Å². The fourth-order valence-corrected chi connectivity index (χ4v) is 4.11. The number of carboxylic acid groups (broad SMARTS) is 1. The first-order valence-corrected chi connectivity index (χ1v) is 6.73. The van der Waals surface area contributed by atoms with Gasteiger partial charge in [0.05, 0.1) is 5.37 Å². The van der Waals surface area contributed by atoms with Crippen molar-refractivity contribution >= 4 is 45.0 Å². The van der Waals surface area contributed by atoms with Crippen molar-refractivity contribution in [3.63, 3.8) is 0 Å². The summed E-state index contributed by atoms with van der Waals surface area (Å²) in [4.78, 5) is 11.9. The van der Waals surface area contributed by atoms with Crippen molar-refractivity contribution in [3.8, 4) is 0 Å². The number of carboxylic acids is 1. The Kier molecular flexibility index (Phi) is 3.16. The van der Waals surface area contributed by atoms with Gasteiger partial charge in [-0.05, 0) is 22.0 Å². The molecule has 1 unspecified atom stereocenters. The number of nitrogens with one attached hydrogen (secondary N) is 1. The van der Waals surface area contributed by atoms with Crippen molar-refractivity contribution in [2.75, 3.05) is 5.75 Å². The Morgan fingerprint density at radius 1 is 1.71 bits per heavy atom. The van der Waals surface area contributed by atoms with Crippen LogP contribution in [0.25, 0.3) is 0 Å². The molecule has 2 N–H and O–H groups in total. The van der Waals surface area contributed by atoms with Gasteiger partial charge in [-0.3, -0.25) is 10.1 Å². The first kappa shape index (κ1) is 10.5. The molecule has 0 spiro atoms. The summed E-state index contributed by atoms with van der Waals surface area (Å²) in [5.41, 5.74) is 0. The van der Waals surface area contributed by atoms with Gasteiger partial charge in [-0.1, -0.05) is 0 Å². The molecule has 1 aromatic rings. The lowest BCUT2D eigenvalue weighted by Gasteiger charge is -2.07. The predicted octanol–water partition coefficient (Wildman–Crippen LogP) is 2.30. The van der Waals surface area contributed by atoms with Crippen LogP contribution in [0.2, 0.25) is 0 Å². The second-order valence-electron chi connectivity index (χ2n) is 2.94. The van der Waals surface area contributed by atoms with Crippen LogP contribution < -0.4 is 5.32 Å². The molecule has 2 atom stereocenters. The fraction of sp³-hybridized carbons (Fsp3) is 0.375. The Labute approximate surface area is 98.0 Å². The molecule has 1 saturated heterocycles. The zero-order valence-electron chi connectivity index (χ0n) is 7.07. The average Bonchev–Trinajstić information content (AvgIpc) is 2.70. The highest BCUT2D eigenvalue weighted by Crippen LogP contribution is 2.37. The van der Waals surface area contributed by atoms with Gasteiger partial charge in [-0.2, -0.15) is 0 Å². The minimum atomic E-state index is -0.768. The fourth-order valence-electron chi connectivity index (χ4n) is 1.24. The van der Waals surface area contributed by atoms with E-state index in [-0.39, 0.29) is 5.37 Å².